The number of hydrogen-bond acceptors (Lipinski definition) is 3. The van der Waals surface area contributed by atoms with Crippen LogP contribution in [0.2, 0.25) is 10.0 Å². The van der Waals surface area contributed by atoms with Gasteiger partial charge in [0.2, 0.25) is 11.9 Å². The highest BCUT2D eigenvalue weighted by Crippen LogP contribution is 2.65. The van der Waals surface area contributed by atoms with E-state index in [0.717, 1.165) is 6.42 Å². The van der Waals surface area contributed by atoms with Crippen LogP contribution >= 0.6 is 23.2 Å². The van der Waals surface area contributed by atoms with E-state index < -0.39 is 23.6 Å². The molecule has 2 bridgehead atoms. The number of amides is 1. The molecule has 0 radical (unpaired) electrons. The van der Waals surface area contributed by atoms with Crippen LogP contribution in [0.3, 0.4) is 0 Å². The number of nitrogens with one attached hydrogen (secondary N) is 1. The molecule has 8 heteroatoms. The molecule has 5 rings (SSSR count). The second-order valence-corrected chi connectivity index (χ2v) is 8.12. The summed E-state index contributed by atoms with van der Waals surface area (Å²) in [4.78, 5) is 16.4. The average Bonchev–Trinajstić information content (AvgIpc) is 3.25. The number of carbonyl (C=O) groups is 1. The minimum atomic E-state index is -1.16. The normalized spacial score (nSPS) is 33.0. The predicted molar refractivity (Wildman–Crippen MR) is 95.7 cm³/mol. The zero-order valence-corrected chi connectivity index (χ0v) is 15.3. The summed E-state index contributed by atoms with van der Waals surface area (Å²) in [5.74, 6) is -3.00. The van der Waals surface area contributed by atoms with Gasteiger partial charge in [-0.2, -0.15) is 4.39 Å². The van der Waals surface area contributed by atoms with Crippen LogP contribution in [0, 0.1) is 29.5 Å². The zero-order valence-electron chi connectivity index (χ0n) is 13.8. The minimum absolute atomic E-state index is 0.148. The Hall–Kier alpha value is -1.76. The molecule has 2 saturated heterocycles. The van der Waals surface area contributed by atoms with Crippen LogP contribution in [0.4, 0.5) is 14.5 Å². The van der Waals surface area contributed by atoms with Crippen molar-refractivity contribution in [3.05, 3.63) is 57.8 Å². The Kier molecular flexibility index (Phi) is 3.93. The molecular formula is C19H14Cl2F2N2O2. The van der Waals surface area contributed by atoms with E-state index in [9.17, 15) is 13.6 Å². The molecule has 3 unspecified atom stereocenters. The van der Waals surface area contributed by atoms with Gasteiger partial charge >= 0.3 is 0 Å². The van der Waals surface area contributed by atoms with Gasteiger partial charge in [-0.3, -0.25) is 4.79 Å². The van der Waals surface area contributed by atoms with E-state index in [1.54, 1.807) is 18.2 Å². The summed E-state index contributed by atoms with van der Waals surface area (Å²) in [6.45, 7) is 0. The van der Waals surface area contributed by atoms with Gasteiger partial charge in [0, 0.05) is 23.4 Å². The maximum atomic E-state index is 14.4. The molecule has 140 valence electrons. The molecule has 1 aromatic heterocycles. The molecule has 0 spiro atoms. The van der Waals surface area contributed by atoms with Crippen molar-refractivity contribution in [2.75, 3.05) is 5.32 Å². The molecule has 3 heterocycles. The fourth-order valence-electron chi connectivity index (χ4n) is 4.66. The second kappa shape index (κ2) is 6.12. The molecule has 1 aliphatic carbocycles. The minimum Gasteiger partial charge on any atom is -0.373 e. The highest BCUT2D eigenvalue weighted by atomic mass is 35.5. The van der Waals surface area contributed by atoms with E-state index in [-0.39, 0.29) is 23.7 Å². The largest absolute Gasteiger partial charge is 0.373 e. The van der Waals surface area contributed by atoms with Gasteiger partial charge in [-0.15, -0.1) is 0 Å². The van der Waals surface area contributed by atoms with Crippen molar-refractivity contribution in [1.29, 1.82) is 0 Å². The van der Waals surface area contributed by atoms with E-state index >= 15 is 0 Å². The van der Waals surface area contributed by atoms with Crippen molar-refractivity contribution < 1.29 is 18.3 Å². The lowest BCUT2D eigenvalue weighted by Gasteiger charge is -2.27. The van der Waals surface area contributed by atoms with Gasteiger partial charge in [0.15, 0.2) is 5.82 Å². The Balaban J connectivity index is 1.48. The number of benzene rings is 1. The van der Waals surface area contributed by atoms with Gasteiger partial charge in [0.1, 0.15) is 0 Å². The molecule has 3 aliphatic rings. The lowest BCUT2D eigenvalue weighted by atomic mass is 9.75. The molecule has 1 amide bonds. The Morgan fingerprint density at radius 3 is 2.70 bits per heavy atom. The van der Waals surface area contributed by atoms with Gasteiger partial charge in [-0.25, -0.2) is 9.37 Å². The third-order valence-corrected chi connectivity index (χ3v) is 6.61. The Morgan fingerprint density at radius 2 is 1.93 bits per heavy atom. The van der Waals surface area contributed by atoms with Gasteiger partial charge in [-0.05, 0) is 42.5 Å². The number of fused-ring (bicyclic) bond motifs is 5. The topological polar surface area (TPSA) is 51.2 Å². The predicted octanol–water partition coefficient (Wildman–Crippen LogP) is 4.42. The van der Waals surface area contributed by atoms with Crippen LogP contribution in [-0.2, 0) is 9.53 Å². The number of pyridine rings is 1. The fourth-order valence-corrected chi connectivity index (χ4v) is 4.95. The molecular weight excluding hydrogens is 397 g/mol. The third kappa shape index (κ3) is 2.65. The Bertz CT molecular complexity index is 957. The lowest BCUT2D eigenvalue weighted by Crippen LogP contribution is -2.37. The molecule has 2 aromatic rings. The molecule has 27 heavy (non-hydrogen) atoms. The molecule has 2 aliphatic heterocycles. The molecule has 1 N–H and O–H groups in total. The smallest absolute Gasteiger partial charge is 0.249 e. The standard InChI is InChI=1S/C19H14Cl2F2N2O2/c20-11-2-1-7(5-12(11)21)25-19(26)14-13(8-3-4-24-18(23)15(8)22)16-9-6-10(9)17(14)27-16/h1-5,9-10,13-14,16-17H,6H2,(H,25,26)/t9?,10?,13-,14?,16+,17-/m0/s1. The number of aromatic nitrogens is 1. The summed E-state index contributed by atoms with van der Waals surface area (Å²) >= 11 is 11.9. The van der Waals surface area contributed by atoms with Crippen molar-refractivity contribution >= 4 is 34.8 Å². The summed E-state index contributed by atoms with van der Waals surface area (Å²) in [5.41, 5.74) is 0.638. The first-order valence-corrected chi connectivity index (χ1v) is 9.42. The quantitative estimate of drug-likeness (QED) is 0.761. The molecule has 1 aromatic carbocycles. The van der Waals surface area contributed by atoms with Gasteiger partial charge in [0.25, 0.3) is 0 Å². The number of anilines is 1. The number of halogens is 4. The van der Waals surface area contributed by atoms with Crippen molar-refractivity contribution in [2.45, 2.75) is 24.5 Å². The number of ether oxygens (including phenoxy) is 1. The van der Waals surface area contributed by atoms with Crippen LogP contribution in [0.1, 0.15) is 17.9 Å². The maximum absolute atomic E-state index is 14.4. The Morgan fingerprint density at radius 1 is 1.15 bits per heavy atom. The highest BCUT2D eigenvalue weighted by Gasteiger charge is 2.69. The highest BCUT2D eigenvalue weighted by molar-refractivity contribution is 6.42. The zero-order chi connectivity index (χ0) is 18.9. The Labute approximate surface area is 163 Å². The van der Waals surface area contributed by atoms with E-state index in [2.05, 4.69) is 10.3 Å². The van der Waals surface area contributed by atoms with E-state index in [1.807, 2.05) is 0 Å². The first kappa shape index (κ1) is 17.3. The van der Waals surface area contributed by atoms with Crippen molar-refractivity contribution in [2.24, 2.45) is 17.8 Å². The summed E-state index contributed by atoms with van der Waals surface area (Å²) in [6, 6.07) is 6.21. The van der Waals surface area contributed by atoms with Crippen molar-refractivity contribution in [3.63, 3.8) is 0 Å². The summed E-state index contributed by atoms with van der Waals surface area (Å²) in [5, 5.41) is 3.52. The fraction of sp³-hybridized carbons (Fsp3) is 0.368. The van der Waals surface area contributed by atoms with Crippen LogP contribution in [0.15, 0.2) is 30.5 Å². The first-order valence-electron chi connectivity index (χ1n) is 8.67. The summed E-state index contributed by atoms with van der Waals surface area (Å²) < 4.78 is 34.1. The summed E-state index contributed by atoms with van der Waals surface area (Å²) in [6.07, 6.45) is 1.61. The third-order valence-electron chi connectivity index (χ3n) is 5.87. The van der Waals surface area contributed by atoms with E-state index in [4.69, 9.17) is 27.9 Å². The maximum Gasteiger partial charge on any atom is 0.249 e. The van der Waals surface area contributed by atoms with Gasteiger partial charge in [-0.1, -0.05) is 23.2 Å². The van der Waals surface area contributed by atoms with Crippen LogP contribution in [0.25, 0.3) is 0 Å². The molecule has 1 saturated carbocycles. The molecule has 3 fully saturated rings. The second-order valence-electron chi connectivity index (χ2n) is 7.30. The van der Waals surface area contributed by atoms with Crippen molar-refractivity contribution in [1.82, 2.24) is 4.98 Å². The van der Waals surface area contributed by atoms with Crippen molar-refractivity contribution in [3.8, 4) is 0 Å². The molecule has 4 nitrogen and oxygen atoms in total. The monoisotopic (exact) mass is 410 g/mol. The number of hydrogen-bond donors (Lipinski definition) is 1. The molecule has 6 atom stereocenters. The van der Waals surface area contributed by atoms with Gasteiger partial charge in [0.05, 0.1) is 28.2 Å². The lowest BCUT2D eigenvalue weighted by molar-refractivity contribution is -0.122. The van der Waals surface area contributed by atoms with Crippen LogP contribution in [-0.4, -0.2) is 23.1 Å². The van der Waals surface area contributed by atoms with Crippen LogP contribution < -0.4 is 5.32 Å². The van der Waals surface area contributed by atoms with E-state index in [0.29, 0.717) is 27.6 Å². The first-order chi connectivity index (χ1) is 13.0. The number of nitrogens with zero attached hydrogens (tertiary/aromatic N) is 1. The number of rotatable bonds is 3. The number of carbonyl (C=O) groups excluding carboxylic acids is 1. The SMILES string of the molecule is O=C(Nc1ccc(Cl)c(Cl)c1)C1[C@H]2O[C@H](C3CC32)[C@H]1c1ccnc(F)c1F. The van der Waals surface area contributed by atoms with Crippen LogP contribution in [0.5, 0.6) is 0 Å². The summed E-state index contributed by atoms with van der Waals surface area (Å²) in [7, 11) is 0. The average molecular weight is 411 g/mol. The van der Waals surface area contributed by atoms with Gasteiger partial charge < -0.3 is 10.1 Å². The van der Waals surface area contributed by atoms with E-state index in [1.165, 1.54) is 12.3 Å².